The number of hydrogen-bond acceptors (Lipinski definition) is 6. The Morgan fingerprint density at radius 1 is 1.05 bits per heavy atom. The average Bonchev–Trinajstić information content (AvgIpc) is 3.22. The molecular weight excluding hydrogens is 679 g/mol. The number of nitrogens with zero attached hydrogens (tertiary/aromatic N) is 2. The van der Waals surface area contributed by atoms with Crippen molar-refractivity contribution >= 4 is 84.8 Å². The van der Waals surface area contributed by atoms with Gasteiger partial charge in [0.25, 0.3) is 5.91 Å². The second-order valence-corrected chi connectivity index (χ2v) is 11.4. The van der Waals surface area contributed by atoms with Gasteiger partial charge in [0, 0.05) is 0 Å². The van der Waals surface area contributed by atoms with Crippen LogP contribution in [0.1, 0.15) is 30.5 Å². The van der Waals surface area contributed by atoms with Crippen LogP contribution in [0.4, 0.5) is 11.4 Å². The molecule has 1 saturated heterocycles. The number of amidine groups is 1. The zero-order chi connectivity index (χ0) is 27.2. The number of amides is 1. The van der Waals surface area contributed by atoms with E-state index in [1.54, 1.807) is 4.90 Å². The summed E-state index contributed by atoms with van der Waals surface area (Å²) < 4.78 is 11.7. The summed E-state index contributed by atoms with van der Waals surface area (Å²) in [7, 11) is 1.32. The molecule has 9 heteroatoms. The number of ether oxygens (including phenoxy) is 2. The van der Waals surface area contributed by atoms with Crippen LogP contribution < -0.4 is 9.64 Å². The third kappa shape index (κ3) is 6.68. The second-order valence-electron chi connectivity index (χ2n) is 8.36. The number of rotatable bonds is 8. The summed E-state index contributed by atoms with van der Waals surface area (Å²) in [5.41, 5.74) is 4.81. The maximum absolute atomic E-state index is 13.7. The molecule has 0 aromatic heterocycles. The van der Waals surface area contributed by atoms with E-state index in [9.17, 15) is 9.59 Å². The van der Waals surface area contributed by atoms with Crippen molar-refractivity contribution in [1.82, 2.24) is 0 Å². The van der Waals surface area contributed by atoms with Crippen LogP contribution in [0, 0.1) is 3.57 Å². The van der Waals surface area contributed by atoms with Crippen LogP contribution in [0.25, 0.3) is 6.08 Å². The van der Waals surface area contributed by atoms with Crippen molar-refractivity contribution in [2.45, 2.75) is 26.7 Å². The van der Waals surface area contributed by atoms with E-state index in [0.29, 0.717) is 20.3 Å². The van der Waals surface area contributed by atoms with Crippen molar-refractivity contribution < 1.29 is 19.1 Å². The Morgan fingerprint density at radius 3 is 2.26 bits per heavy atom. The lowest BCUT2D eigenvalue weighted by molar-refractivity contribution is -0.142. The number of benzene rings is 3. The molecule has 0 saturated carbocycles. The summed E-state index contributed by atoms with van der Waals surface area (Å²) in [6.45, 7) is 4.03. The van der Waals surface area contributed by atoms with Crippen LogP contribution in [-0.4, -0.2) is 30.8 Å². The highest BCUT2D eigenvalue weighted by Crippen LogP contribution is 2.39. The van der Waals surface area contributed by atoms with Gasteiger partial charge in [-0.1, -0.05) is 38.1 Å². The highest BCUT2D eigenvalue weighted by molar-refractivity contribution is 14.1. The van der Waals surface area contributed by atoms with E-state index >= 15 is 0 Å². The summed E-state index contributed by atoms with van der Waals surface area (Å²) in [5, 5.41) is 0.599. The Bertz CT molecular complexity index is 1380. The van der Waals surface area contributed by atoms with Gasteiger partial charge >= 0.3 is 5.97 Å². The minimum Gasteiger partial charge on any atom is -0.480 e. The van der Waals surface area contributed by atoms with Gasteiger partial charge in [0.1, 0.15) is 5.75 Å². The molecule has 38 heavy (non-hydrogen) atoms. The van der Waals surface area contributed by atoms with E-state index in [-0.39, 0.29) is 12.5 Å². The molecule has 0 unspecified atom stereocenters. The van der Waals surface area contributed by atoms with Gasteiger partial charge in [0.15, 0.2) is 11.8 Å². The average molecular weight is 705 g/mol. The van der Waals surface area contributed by atoms with Crippen molar-refractivity contribution in [2.75, 3.05) is 18.6 Å². The second kappa shape index (κ2) is 12.9. The smallest absolute Gasteiger partial charge is 0.343 e. The third-order valence-electron chi connectivity index (χ3n) is 5.86. The van der Waals surface area contributed by atoms with E-state index in [4.69, 9.17) is 9.73 Å². The summed E-state index contributed by atoms with van der Waals surface area (Å²) in [6.07, 6.45) is 3.72. The van der Waals surface area contributed by atoms with Crippen molar-refractivity contribution in [3.8, 4) is 5.75 Å². The fourth-order valence-electron chi connectivity index (χ4n) is 3.72. The van der Waals surface area contributed by atoms with Gasteiger partial charge in [-0.3, -0.25) is 9.69 Å². The molecule has 3 aromatic carbocycles. The van der Waals surface area contributed by atoms with Crippen LogP contribution >= 0.6 is 50.3 Å². The van der Waals surface area contributed by atoms with Gasteiger partial charge in [-0.25, -0.2) is 9.79 Å². The molecule has 0 aliphatic carbocycles. The lowest BCUT2D eigenvalue weighted by Gasteiger charge is -2.16. The van der Waals surface area contributed by atoms with Crippen LogP contribution in [-0.2, 0) is 27.2 Å². The molecule has 4 rings (SSSR count). The number of carbonyl (C=O) groups is 2. The molecule has 0 spiro atoms. The van der Waals surface area contributed by atoms with Crippen molar-refractivity contribution in [2.24, 2.45) is 4.99 Å². The summed E-state index contributed by atoms with van der Waals surface area (Å²) >= 11 is 7.01. The van der Waals surface area contributed by atoms with E-state index < -0.39 is 5.97 Å². The summed E-state index contributed by atoms with van der Waals surface area (Å²) in [6, 6.07) is 19.8. The van der Waals surface area contributed by atoms with Gasteiger partial charge < -0.3 is 9.47 Å². The number of esters is 1. The first-order valence-corrected chi connectivity index (χ1v) is 14.7. The first-order chi connectivity index (χ1) is 18.3. The maximum Gasteiger partial charge on any atom is 0.343 e. The van der Waals surface area contributed by atoms with Gasteiger partial charge in [-0.05, 0) is 122 Å². The number of methoxy groups -OCH3 is 1. The van der Waals surface area contributed by atoms with Crippen molar-refractivity contribution in [3.63, 3.8) is 0 Å². The number of anilines is 1. The fraction of sp³-hybridized carbons (Fsp3) is 0.207. The number of hydrogen-bond donors (Lipinski definition) is 0. The largest absolute Gasteiger partial charge is 0.480 e. The zero-order valence-electron chi connectivity index (χ0n) is 21.2. The molecule has 0 bridgehead atoms. The Balaban J connectivity index is 1.69. The molecule has 0 atom stereocenters. The van der Waals surface area contributed by atoms with E-state index in [0.717, 1.165) is 33.4 Å². The van der Waals surface area contributed by atoms with Crippen LogP contribution in [0.15, 0.2) is 75.0 Å². The third-order valence-corrected chi connectivity index (χ3v) is 8.22. The molecule has 0 N–H and O–H groups in total. The molecule has 1 aliphatic rings. The summed E-state index contributed by atoms with van der Waals surface area (Å²) in [5.74, 6) is -0.0608. The molecule has 196 valence electrons. The minimum absolute atomic E-state index is 0.139. The van der Waals surface area contributed by atoms with Crippen molar-refractivity contribution in [1.29, 1.82) is 0 Å². The first kappa shape index (κ1) is 28.4. The molecule has 1 aliphatic heterocycles. The normalized spacial score (nSPS) is 15.4. The number of aliphatic imine (C=N–C) groups is 1. The van der Waals surface area contributed by atoms with Gasteiger partial charge in [0.05, 0.1) is 31.4 Å². The molecular formula is C29H26BrIN2O4S. The summed E-state index contributed by atoms with van der Waals surface area (Å²) in [4.78, 5) is 32.2. The Hall–Kier alpha value is -2.63. The van der Waals surface area contributed by atoms with Crippen LogP contribution in [0.2, 0.25) is 0 Å². The Labute approximate surface area is 248 Å². The Kier molecular flexibility index (Phi) is 9.67. The molecule has 3 aromatic rings. The molecule has 1 amide bonds. The highest BCUT2D eigenvalue weighted by Gasteiger charge is 2.35. The number of aryl methyl sites for hydroxylation is 2. The van der Waals surface area contributed by atoms with Crippen LogP contribution in [0.5, 0.6) is 5.75 Å². The highest BCUT2D eigenvalue weighted by atomic mass is 127. The minimum atomic E-state index is -0.463. The first-order valence-electron chi connectivity index (χ1n) is 12.0. The number of halogens is 2. The topological polar surface area (TPSA) is 68.2 Å². The quantitative estimate of drug-likeness (QED) is 0.138. The van der Waals surface area contributed by atoms with E-state index in [1.807, 2.05) is 54.6 Å². The zero-order valence-corrected chi connectivity index (χ0v) is 25.7. The lowest BCUT2D eigenvalue weighted by atomic mass is 10.1. The fourth-order valence-corrected chi connectivity index (χ4v) is 6.49. The van der Waals surface area contributed by atoms with Crippen LogP contribution in [0.3, 0.4) is 0 Å². The van der Waals surface area contributed by atoms with Gasteiger partial charge in [-0.15, -0.1) is 0 Å². The van der Waals surface area contributed by atoms with Gasteiger partial charge in [-0.2, -0.15) is 0 Å². The van der Waals surface area contributed by atoms with E-state index in [2.05, 4.69) is 69.2 Å². The predicted molar refractivity (Wildman–Crippen MR) is 166 cm³/mol. The van der Waals surface area contributed by atoms with Crippen molar-refractivity contribution in [3.05, 3.63) is 90.3 Å². The molecule has 0 radical (unpaired) electrons. The molecule has 6 nitrogen and oxygen atoms in total. The SMILES string of the molecule is CCc1ccc(N=C2S/C(=C\c3cc(Br)c(OCC(=O)OC)c(I)c3)C(=O)N2c2ccc(CC)cc2)cc1. The monoisotopic (exact) mass is 704 g/mol. The number of thioether (sulfide) groups is 1. The van der Waals surface area contributed by atoms with E-state index in [1.165, 1.54) is 30.0 Å². The van der Waals surface area contributed by atoms with Gasteiger partial charge in [0.2, 0.25) is 0 Å². The molecule has 1 heterocycles. The number of carbonyl (C=O) groups excluding carboxylic acids is 2. The Morgan fingerprint density at radius 2 is 1.68 bits per heavy atom. The predicted octanol–water partition coefficient (Wildman–Crippen LogP) is 7.54. The lowest BCUT2D eigenvalue weighted by Crippen LogP contribution is -2.28. The molecule has 1 fully saturated rings. The maximum atomic E-state index is 13.7. The standard InChI is InChI=1S/C29H26BrIN2O4S/c1-4-18-6-10-21(11-7-18)32-29-33(22-12-8-19(5-2)9-13-22)28(35)25(38-29)16-20-14-23(30)27(24(31)15-20)37-17-26(34)36-3/h6-16H,4-5,17H2,1-3H3/b25-16-,32-29?.